The summed E-state index contributed by atoms with van der Waals surface area (Å²) in [5, 5.41) is 0. The van der Waals surface area contributed by atoms with Crippen molar-refractivity contribution < 1.29 is 18.7 Å². The van der Waals surface area contributed by atoms with Gasteiger partial charge in [0.2, 0.25) is 0 Å². The Morgan fingerprint density at radius 3 is 2.72 bits per heavy atom. The Morgan fingerprint density at radius 1 is 1.21 bits per heavy atom. The minimum atomic E-state index is -0.753. The summed E-state index contributed by atoms with van der Waals surface area (Å²) in [6.45, 7) is 5.96. The average molecular weight is 615 g/mol. The number of thiazole rings is 1. The first-order valence-corrected chi connectivity index (χ1v) is 15.0. The Kier molecular flexibility index (Phi) is 8.42. The molecule has 1 fully saturated rings. The highest BCUT2D eigenvalue weighted by atomic mass is 79.9. The third-order valence-electron chi connectivity index (χ3n) is 6.93. The van der Waals surface area contributed by atoms with E-state index in [0.717, 1.165) is 42.7 Å². The smallest absolute Gasteiger partial charge is 0.338 e. The van der Waals surface area contributed by atoms with Gasteiger partial charge in [-0.1, -0.05) is 40.6 Å². The van der Waals surface area contributed by atoms with Gasteiger partial charge >= 0.3 is 5.97 Å². The molecule has 0 radical (unpaired) electrons. The fourth-order valence-electron chi connectivity index (χ4n) is 5.17. The molecule has 0 saturated carbocycles. The minimum absolute atomic E-state index is 0.215. The van der Waals surface area contributed by atoms with Gasteiger partial charge in [0.25, 0.3) is 5.56 Å². The van der Waals surface area contributed by atoms with Gasteiger partial charge in [0, 0.05) is 35.3 Å². The van der Waals surface area contributed by atoms with E-state index in [2.05, 4.69) is 20.8 Å². The lowest BCUT2D eigenvalue weighted by atomic mass is 9.93. The number of hydrogen-bond donors (Lipinski definition) is 0. The number of allylic oxidation sites excluding steroid dienone is 1. The molecule has 0 aliphatic carbocycles. The number of benzene rings is 1. The molecule has 0 spiro atoms. The molecule has 206 valence electrons. The average Bonchev–Trinajstić information content (AvgIpc) is 3.53. The van der Waals surface area contributed by atoms with Crippen LogP contribution in [0.2, 0.25) is 0 Å². The number of nitrogens with zero attached hydrogens (tertiary/aromatic N) is 3. The molecule has 3 aromatic rings. The molecule has 10 heteroatoms. The first kappa shape index (κ1) is 27.5. The monoisotopic (exact) mass is 613 g/mol. The topological polar surface area (TPSA) is 86.3 Å². The molecule has 5 rings (SSSR count). The van der Waals surface area contributed by atoms with Crippen molar-refractivity contribution >= 4 is 45.2 Å². The number of rotatable bonds is 8. The Balaban J connectivity index is 1.69. The molecule has 2 aromatic heterocycles. The van der Waals surface area contributed by atoms with Crippen molar-refractivity contribution in [1.82, 2.24) is 4.57 Å². The second-order valence-corrected chi connectivity index (χ2v) is 11.4. The summed E-state index contributed by atoms with van der Waals surface area (Å²) >= 11 is 4.84. The molecule has 4 heterocycles. The van der Waals surface area contributed by atoms with Gasteiger partial charge in [-0.25, -0.2) is 9.79 Å². The summed E-state index contributed by atoms with van der Waals surface area (Å²) in [6, 6.07) is 8.67. The van der Waals surface area contributed by atoms with E-state index in [-0.39, 0.29) is 12.2 Å². The van der Waals surface area contributed by atoms with Crippen LogP contribution in [-0.2, 0) is 9.53 Å². The van der Waals surface area contributed by atoms with E-state index in [1.165, 1.54) is 17.8 Å². The predicted molar refractivity (Wildman–Crippen MR) is 155 cm³/mol. The van der Waals surface area contributed by atoms with Crippen molar-refractivity contribution in [2.45, 2.75) is 52.0 Å². The van der Waals surface area contributed by atoms with E-state index in [0.29, 0.717) is 44.1 Å². The van der Waals surface area contributed by atoms with Crippen LogP contribution < -0.4 is 24.5 Å². The van der Waals surface area contributed by atoms with E-state index in [4.69, 9.17) is 18.9 Å². The molecule has 2 aliphatic heterocycles. The Labute approximate surface area is 239 Å². The molecule has 0 bridgehead atoms. The quantitative estimate of drug-likeness (QED) is 0.335. The lowest BCUT2D eigenvalue weighted by molar-refractivity contribution is -0.139. The summed E-state index contributed by atoms with van der Waals surface area (Å²) < 4.78 is 20.2. The van der Waals surface area contributed by atoms with Crippen LogP contribution >= 0.6 is 27.3 Å². The third-order valence-corrected chi connectivity index (χ3v) is 8.41. The molecule has 8 nitrogen and oxygen atoms in total. The van der Waals surface area contributed by atoms with Crippen molar-refractivity contribution in [2.75, 3.05) is 31.7 Å². The largest absolute Gasteiger partial charge is 0.496 e. The van der Waals surface area contributed by atoms with Gasteiger partial charge < -0.3 is 18.8 Å². The zero-order valence-electron chi connectivity index (χ0n) is 22.4. The predicted octanol–water partition coefficient (Wildman–Crippen LogP) is 4.93. The molecular formula is C29H32BrN3O5S. The van der Waals surface area contributed by atoms with E-state index >= 15 is 0 Å². The molecule has 1 aromatic carbocycles. The number of carbonyl (C=O) groups excluding carboxylic acids is 1. The number of aromatic nitrogens is 1. The highest BCUT2D eigenvalue weighted by Crippen LogP contribution is 2.38. The van der Waals surface area contributed by atoms with Crippen LogP contribution in [0.1, 0.15) is 63.3 Å². The van der Waals surface area contributed by atoms with Crippen LogP contribution in [0.3, 0.4) is 0 Å². The Bertz CT molecular complexity index is 1580. The highest BCUT2D eigenvalue weighted by Gasteiger charge is 2.36. The Morgan fingerprint density at radius 2 is 2.00 bits per heavy atom. The van der Waals surface area contributed by atoms with Crippen LogP contribution in [0.25, 0.3) is 6.08 Å². The summed E-state index contributed by atoms with van der Waals surface area (Å²) in [4.78, 5) is 35.0. The molecule has 2 aliphatic rings. The van der Waals surface area contributed by atoms with Gasteiger partial charge in [-0.15, -0.1) is 0 Å². The molecule has 1 saturated heterocycles. The molecule has 0 N–H and O–H groups in total. The number of halogens is 1. The van der Waals surface area contributed by atoms with Crippen LogP contribution in [0.5, 0.6) is 5.75 Å². The number of carbonyl (C=O) groups is 1. The maximum Gasteiger partial charge on any atom is 0.338 e. The van der Waals surface area contributed by atoms with Gasteiger partial charge in [0.1, 0.15) is 17.6 Å². The van der Waals surface area contributed by atoms with Crippen molar-refractivity contribution in [2.24, 2.45) is 4.99 Å². The summed E-state index contributed by atoms with van der Waals surface area (Å²) in [7, 11) is 1.58. The molecule has 39 heavy (non-hydrogen) atoms. The van der Waals surface area contributed by atoms with Crippen molar-refractivity contribution in [3.63, 3.8) is 0 Å². The van der Waals surface area contributed by atoms with Crippen LogP contribution in [0.4, 0.5) is 5.88 Å². The number of anilines is 1. The van der Waals surface area contributed by atoms with Gasteiger partial charge in [-0.05, 0) is 56.9 Å². The summed E-state index contributed by atoms with van der Waals surface area (Å²) in [6.07, 6.45) is 6.66. The number of esters is 1. The SMILES string of the molecule is CCCC1=C(C(=O)OCC)[C@@H](c2cc(Br)ccc2OC)n2c(s/c(=C/c3ccc(N4CCCCC4)o3)c2=O)=N1. The fourth-order valence-corrected chi connectivity index (χ4v) is 6.55. The number of furan rings is 1. The summed E-state index contributed by atoms with van der Waals surface area (Å²) in [5.41, 5.74) is 1.41. The summed E-state index contributed by atoms with van der Waals surface area (Å²) in [5.74, 6) is 1.51. The van der Waals surface area contributed by atoms with Crippen LogP contribution in [0.15, 0.2) is 60.3 Å². The van der Waals surface area contributed by atoms with Gasteiger partial charge in [0.15, 0.2) is 10.7 Å². The van der Waals surface area contributed by atoms with E-state index in [1.807, 2.05) is 37.3 Å². The number of piperidine rings is 1. The minimum Gasteiger partial charge on any atom is -0.496 e. The van der Waals surface area contributed by atoms with Crippen molar-refractivity contribution in [3.05, 3.63) is 77.1 Å². The zero-order chi connectivity index (χ0) is 27.5. The molecular weight excluding hydrogens is 582 g/mol. The van der Waals surface area contributed by atoms with Crippen LogP contribution in [0, 0.1) is 0 Å². The highest BCUT2D eigenvalue weighted by molar-refractivity contribution is 9.10. The normalized spacial score (nSPS) is 17.7. The number of fused-ring (bicyclic) bond motifs is 1. The van der Waals surface area contributed by atoms with E-state index in [9.17, 15) is 9.59 Å². The maximum atomic E-state index is 14.0. The number of hydrogen-bond acceptors (Lipinski definition) is 8. The number of methoxy groups -OCH3 is 1. The maximum absolute atomic E-state index is 14.0. The number of ether oxygens (including phenoxy) is 2. The second-order valence-electron chi connectivity index (χ2n) is 9.52. The first-order chi connectivity index (χ1) is 18.9. The Hall–Kier alpha value is -3.11. The second kappa shape index (κ2) is 12.0. The van der Waals surface area contributed by atoms with Crippen LogP contribution in [-0.4, -0.2) is 37.3 Å². The first-order valence-electron chi connectivity index (χ1n) is 13.3. The lowest BCUT2D eigenvalue weighted by Crippen LogP contribution is -2.40. The molecule has 1 atom stereocenters. The van der Waals surface area contributed by atoms with E-state index in [1.54, 1.807) is 24.7 Å². The molecule has 0 unspecified atom stereocenters. The van der Waals surface area contributed by atoms with Crippen molar-refractivity contribution in [3.8, 4) is 5.75 Å². The van der Waals surface area contributed by atoms with E-state index < -0.39 is 12.0 Å². The fraction of sp³-hybridized carbons (Fsp3) is 0.414. The standard InChI is InChI=1S/C29H32BrN3O5S/c1-4-9-21-25(28(35)37-5-2)26(20-16-18(30)10-12-22(20)36-3)33-27(34)23(39-29(33)31-21)17-19-11-13-24(38-19)32-14-7-6-8-15-32/h10-13,16-17,26H,4-9,14-15H2,1-3H3/b23-17+/t26-/m1/s1. The van der Waals surface area contributed by atoms with Gasteiger partial charge in [-0.3, -0.25) is 9.36 Å². The molecule has 0 amide bonds. The zero-order valence-corrected chi connectivity index (χ0v) is 24.8. The lowest BCUT2D eigenvalue weighted by Gasteiger charge is -2.27. The van der Waals surface area contributed by atoms with Gasteiger partial charge in [-0.2, -0.15) is 0 Å². The third kappa shape index (κ3) is 5.49. The van der Waals surface area contributed by atoms with Crippen molar-refractivity contribution in [1.29, 1.82) is 0 Å². The van der Waals surface area contributed by atoms with Gasteiger partial charge in [0.05, 0.1) is 29.5 Å².